The van der Waals surface area contributed by atoms with Crippen molar-refractivity contribution in [1.82, 2.24) is 4.72 Å². The Morgan fingerprint density at radius 1 is 1.04 bits per heavy atom. The van der Waals surface area contributed by atoms with Crippen LogP contribution in [0.2, 0.25) is 0 Å². The van der Waals surface area contributed by atoms with E-state index >= 15 is 0 Å². The number of carbonyl (C=O) groups excluding carboxylic acids is 1. The van der Waals surface area contributed by atoms with Crippen LogP contribution in [0.15, 0.2) is 60.0 Å². The Morgan fingerprint density at radius 3 is 2.40 bits per heavy atom. The molecular formula is C19H20N2O3S. The average molecular weight is 356 g/mol. The third-order valence-electron chi connectivity index (χ3n) is 4.04. The van der Waals surface area contributed by atoms with Crippen LogP contribution in [0.4, 0.5) is 5.69 Å². The minimum Gasteiger partial charge on any atom is -0.312 e. The fourth-order valence-electron chi connectivity index (χ4n) is 2.68. The van der Waals surface area contributed by atoms with Gasteiger partial charge in [-0.3, -0.25) is 4.79 Å². The Bertz CT molecular complexity index is 859. The molecule has 6 heteroatoms. The van der Waals surface area contributed by atoms with Gasteiger partial charge in [0.05, 0.1) is 0 Å². The standard InChI is InChI=1S/C19H20N2O3S/c22-19-7-4-13-21(19)18-10-8-17(9-11-18)15-20-25(23,24)14-12-16-5-2-1-3-6-16/h1-3,5-6,8-12,14,20H,4,7,13,15H2/b14-12+. The molecule has 1 aliphatic heterocycles. The number of hydrogen-bond donors (Lipinski definition) is 1. The van der Waals surface area contributed by atoms with E-state index < -0.39 is 10.0 Å². The summed E-state index contributed by atoms with van der Waals surface area (Å²) in [6, 6.07) is 16.6. The van der Waals surface area contributed by atoms with E-state index in [4.69, 9.17) is 0 Å². The molecule has 5 nitrogen and oxygen atoms in total. The van der Waals surface area contributed by atoms with Crippen molar-refractivity contribution >= 4 is 27.7 Å². The highest BCUT2D eigenvalue weighted by Crippen LogP contribution is 2.21. The van der Waals surface area contributed by atoms with Crippen LogP contribution >= 0.6 is 0 Å². The maximum Gasteiger partial charge on any atom is 0.234 e. The highest BCUT2D eigenvalue weighted by molar-refractivity contribution is 7.92. The zero-order valence-electron chi connectivity index (χ0n) is 13.8. The Morgan fingerprint density at radius 2 is 1.76 bits per heavy atom. The second-order valence-corrected chi connectivity index (χ2v) is 7.55. The van der Waals surface area contributed by atoms with Gasteiger partial charge in [0.2, 0.25) is 15.9 Å². The Labute approximate surface area is 148 Å². The van der Waals surface area contributed by atoms with E-state index in [0.717, 1.165) is 29.8 Å². The Hall–Kier alpha value is -2.44. The molecule has 1 aliphatic rings. The fourth-order valence-corrected chi connectivity index (χ4v) is 3.48. The number of anilines is 1. The van der Waals surface area contributed by atoms with Gasteiger partial charge in [-0.2, -0.15) is 0 Å². The predicted octanol–water partition coefficient (Wildman–Crippen LogP) is 2.90. The van der Waals surface area contributed by atoms with Crippen LogP contribution in [0, 0.1) is 0 Å². The minimum atomic E-state index is -3.51. The van der Waals surface area contributed by atoms with Crippen molar-refractivity contribution in [2.75, 3.05) is 11.4 Å². The number of nitrogens with zero attached hydrogens (tertiary/aromatic N) is 1. The van der Waals surface area contributed by atoms with Gasteiger partial charge in [-0.25, -0.2) is 13.1 Å². The van der Waals surface area contributed by atoms with Crippen LogP contribution in [0.3, 0.4) is 0 Å². The zero-order chi connectivity index (χ0) is 17.7. The molecule has 1 heterocycles. The molecule has 0 spiro atoms. The van der Waals surface area contributed by atoms with E-state index in [0.29, 0.717) is 6.42 Å². The smallest absolute Gasteiger partial charge is 0.234 e. The van der Waals surface area contributed by atoms with Crippen molar-refractivity contribution in [2.45, 2.75) is 19.4 Å². The van der Waals surface area contributed by atoms with Gasteiger partial charge < -0.3 is 4.90 Å². The fraction of sp³-hybridized carbons (Fsp3) is 0.211. The molecule has 25 heavy (non-hydrogen) atoms. The monoisotopic (exact) mass is 356 g/mol. The number of amides is 1. The van der Waals surface area contributed by atoms with Gasteiger partial charge in [0.1, 0.15) is 0 Å². The number of carbonyl (C=O) groups is 1. The molecule has 3 rings (SSSR count). The first-order valence-electron chi connectivity index (χ1n) is 8.16. The lowest BCUT2D eigenvalue weighted by Gasteiger charge is -2.15. The van der Waals surface area contributed by atoms with Crippen LogP contribution in [0.25, 0.3) is 6.08 Å². The largest absolute Gasteiger partial charge is 0.312 e. The van der Waals surface area contributed by atoms with Crippen molar-refractivity contribution in [3.05, 3.63) is 71.1 Å². The van der Waals surface area contributed by atoms with Crippen molar-refractivity contribution < 1.29 is 13.2 Å². The van der Waals surface area contributed by atoms with Gasteiger partial charge in [0, 0.05) is 30.6 Å². The average Bonchev–Trinajstić information content (AvgIpc) is 3.06. The molecule has 2 aromatic rings. The zero-order valence-corrected chi connectivity index (χ0v) is 14.6. The van der Waals surface area contributed by atoms with Crippen LogP contribution < -0.4 is 9.62 Å². The summed E-state index contributed by atoms with van der Waals surface area (Å²) < 4.78 is 26.6. The predicted molar refractivity (Wildman–Crippen MR) is 99.3 cm³/mol. The third-order valence-corrected chi connectivity index (χ3v) is 5.08. The topological polar surface area (TPSA) is 66.5 Å². The lowest BCUT2D eigenvalue weighted by atomic mass is 10.2. The molecule has 1 N–H and O–H groups in total. The van der Waals surface area contributed by atoms with Crippen LogP contribution in [-0.2, 0) is 21.4 Å². The number of benzene rings is 2. The molecule has 0 unspecified atom stereocenters. The third kappa shape index (κ3) is 4.78. The molecule has 0 saturated carbocycles. The van der Waals surface area contributed by atoms with E-state index in [-0.39, 0.29) is 12.5 Å². The number of hydrogen-bond acceptors (Lipinski definition) is 3. The molecule has 1 amide bonds. The number of nitrogens with one attached hydrogen (secondary N) is 1. The molecule has 0 radical (unpaired) electrons. The van der Waals surface area contributed by atoms with E-state index in [1.54, 1.807) is 11.0 Å². The molecule has 1 saturated heterocycles. The molecule has 0 aliphatic carbocycles. The van der Waals surface area contributed by atoms with E-state index in [1.807, 2.05) is 54.6 Å². The van der Waals surface area contributed by atoms with Gasteiger partial charge in [-0.15, -0.1) is 0 Å². The van der Waals surface area contributed by atoms with Gasteiger partial charge in [0.15, 0.2) is 0 Å². The SMILES string of the molecule is O=C1CCCN1c1ccc(CNS(=O)(=O)/C=C/c2ccccc2)cc1. The number of rotatable bonds is 6. The summed E-state index contributed by atoms with van der Waals surface area (Å²) in [7, 11) is -3.51. The van der Waals surface area contributed by atoms with Gasteiger partial charge in [-0.05, 0) is 35.8 Å². The van der Waals surface area contributed by atoms with Gasteiger partial charge in [0.25, 0.3) is 0 Å². The minimum absolute atomic E-state index is 0.138. The summed E-state index contributed by atoms with van der Waals surface area (Å²) in [6.45, 7) is 0.949. The van der Waals surface area contributed by atoms with Gasteiger partial charge in [-0.1, -0.05) is 42.5 Å². The summed E-state index contributed by atoms with van der Waals surface area (Å²) >= 11 is 0. The number of sulfonamides is 1. The lowest BCUT2D eigenvalue weighted by molar-refractivity contribution is -0.117. The van der Waals surface area contributed by atoms with Crippen molar-refractivity contribution in [3.63, 3.8) is 0 Å². The van der Waals surface area contributed by atoms with E-state index in [9.17, 15) is 13.2 Å². The molecular weight excluding hydrogens is 336 g/mol. The molecule has 130 valence electrons. The Kier molecular flexibility index (Phi) is 5.31. The Balaban J connectivity index is 1.59. The summed E-state index contributed by atoms with van der Waals surface area (Å²) in [5.41, 5.74) is 2.53. The second kappa shape index (κ2) is 7.63. The molecule has 0 aromatic heterocycles. The first kappa shape index (κ1) is 17.4. The van der Waals surface area contributed by atoms with Crippen molar-refractivity contribution in [1.29, 1.82) is 0 Å². The van der Waals surface area contributed by atoms with E-state index in [1.165, 1.54) is 5.41 Å². The summed E-state index contributed by atoms with van der Waals surface area (Å²) in [5, 5.41) is 1.17. The molecule has 2 aromatic carbocycles. The van der Waals surface area contributed by atoms with E-state index in [2.05, 4.69) is 4.72 Å². The van der Waals surface area contributed by atoms with Crippen LogP contribution in [0.1, 0.15) is 24.0 Å². The highest BCUT2D eigenvalue weighted by Gasteiger charge is 2.21. The maximum atomic E-state index is 12.0. The maximum absolute atomic E-state index is 12.0. The molecule has 0 atom stereocenters. The van der Waals surface area contributed by atoms with Crippen molar-refractivity contribution in [3.8, 4) is 0 Å². The summed E-state index contributed by atoms with van der Waals surface area (Å²) in [5.74, 6) is 0.138. The first-order chi connectivity index (χ1) is 12.0. The van der Waals surface area contributed by atoms with Crippen LogP contribution in [0.5, 0.6) is 0 Å². The summed E-state index contributed by atoms with van der Waals surface area (Å²) in [6.07, 6.45) is 3.04. The first-order valence-corrected chi connectivity index (χ1v) is 9.70. The van der Waals surface area contributed by atoms with Gasteiger partial charge >= 0.3 is 0 Å². The normalized spacial score (nSPS) is 15.2. The molecule has 0 bridgehead atoms. The van der Waals surface area contributed by atoms with Crippen molar-refractivity contribution in [2.24, 2.45) is 0 Å². The van der Waals surface area contributed by atoms with Crippen LogP contribution in [-0.4, -0.2) is 20.9 Å². The summed E-state index contributed by atoms with van der Waals surface area (Å²) in [4.78, 5) is 13.5. The second-order valence-electron chi connectivity index (χ2n) is 5.89. The quantitative estimate of drug-likeness (QED) is 0.865. The lowest BCUT2D eigenvalue weighted by Crippen LogP contribution is -2.24. The highest BCUT2D eigenvalue weighted by atomic mass is 32.2. The molecule has 1 fully saturated rings.